The van der Waals surface area contributed by atoms with Crippen LogP contribution in [0.1, 0.15) is 5.56 Å². The predicted molar refractivity (Wildman–Crippen MR) is 60.1 cm³/mol. The van der Waals surface area contributed by atoms with E-state index in [1.165, 1.54) is 12.1 Å². The number of aliphatic hydroxyl groups excluding tert-OH is 1. The lowest BCUT2D eigenvalue weighted by Crippen LogP contribution is -2.23. The maximum absolute atomic E-state index is 11.9. The monoisotopic (exact) mass is 254 g/mol. The number of esters is 1. The van der Waals surface area contributed by atoms with E-state index in [2.05, 4.69) is 4.74 Å². The van der Waals surface area contributed by atoms with Crippen LogP contribution in [0.25, 0.3) is 5.76 Å². The van der Waals surface area contributed by atoms with Crippen LogP contribution < -0.4 is 0 Å². The summed E-state index contributed by atoms with van der Waals surface area (Å²) in [6, 6.07) is 6.00. The van der Waals surface area contributed by atoms with Gasteiger partial charge >= 0.3 is 5.97 Å². The van der Waals surface area contributed by atoms with E-state index in [9.17, 15) is 18.3 Å². The number of hydrogen-bond donors (Lipinski definition) is 1. The van der Waals surface area contributed by atoms with Gasteiger partial charge in [0.2, 0.25) is 0 Å². The van der Waals surface area contributed by atoms with Crippen LogP contribution in [0.2, 0.25) is 0 Å². The minimum atomic E-state index is -3.60. The normalized spacial score (nSPS) is 17.5. The summed E-state index contributed by atoms with van der Waals surface area (Å²) in [5, 5.41) is 9.87. The molecule has 1 aliphatic rings. The Morgan fingerprint density at radius 3 is 2.65 bits per heavy atom. The number of fused-ring (bicyclic) bond motifs is 1. The number of hydrogen-bond acceptors (Lipinski definition) is 5. The first-order chi connectivity index (χ1) is 7.97. The third-order valence-electron chi connectivity index (χ3n) is 2.53. The van der Waals surface area contributed by atoms with E-state index in [4.69, 9.17) is 0 Å². The molecule has 0 aromatic heterocycles. The molecule has 0 atom stereocenters. The van der Waals surface area contributed by atoms with Crippen molar-refractivity contribution in [1.82, 2.24) is 0 Å². The van der Waals surface area contributed by atoms with E-state index in [1.807, 2.05) is 0 Å². The van der Waals surface area contributed by atoms with Crippen LogP contribution >= 0.6 is 0 Å². The molecule has 0 saturated heterocycles. The van der Waals surface area contributed by atoms with Crippen LogP contribution in [0.3, 0.4) is 0 Å². The van der Waals surface area contributed by atoms with Crippen molar-refractivity contribution in [1.29, 1.82) is 0 Å². The Kier molecular flexibility index (Phi) is 2.66. The van der Waals surface area contributed by atoms with Gasteiger partial charge in [-0.2, -0.15) is 0 Å². The average Bonchev–Trinajstić information content (AvgIpc) is 2.33. The lowest BCUT2D eigenvalue weighted by Gasteiger charge is -2.18. The Balaban J connectivity index is 2.72. The fraction of sp³-hybridized carbons (Fsp3) is 0.182. The van der Waals surface area contributed by atoms with E-state index in [0.717, 1.165) is 7.11 Å². The quantitative estimate of drug-likeness (QED) is 0.753. The molecular weight excluding hydrogens is 244 g/mol. The van der Waals surface area contributed by atoms with Crippen molar-refractivity contribution in [3.8, 4) is 0 Å². The molecule has 0 spiro atoms. The minimum absolute atomic E-state index is 0.0325. The van der Waals surface area contributed by atoms with E-state index in [0.29, 0.717) is 0 Å². The second kappa shape index (κ2) is 3.89. The fourth-order valence-electron chi connectivity index (χ4n) is 1.71. The zero-order valence-electron chi connectivity index (χ0n) is 9.00. The molecule has 1 aromatic carbocycles. The standard InChI is InChI=1S/C11H10O5S/c1-16-11(13)8-6-17(14,15)9-5-3-2-4-7(9)10(8)12/h2-5,12H,6H2,1H3. The molecule has 1 aromatic rings. The number of methoxy groups -OCH3 is 1. The van der Waals surface area contributed by atoms with Crippen molar-refractivity contribution >= 4 is 21.6 Å². The van der Waals surface area contributed by atoms with Gasteiger partial charge in [-0.15, -0.1) is 0 Å². The van der Waals surface area contributed by atoms with Gasteiger partial charge in [0.25, 0.3) is 0 Å². The lowest BCUT2D eigenvalue weighted by molar-refractivity contribution is -0.136. The van der Waals surface area contributed by atoms with E-state index < -0.39 is 21.6 Å². The highest BCUT2D eigenvalue weighted by atomic mass is 32.2. The van der Waals surface area contributed by atoms with Crippen molar-refractivity contribution in [3.05, 3.63) is 35.4 Å². The zero-order chi connectivity index (χ0) is 12.6. The van der Waals surface area contributed by atoms with Crippen LogP contribution in [0.5, 0.6) is 0 Å². The van der Waals surface area contributed by atoms with Gasteiger partial charge in [-0.05, 0) is 12.1 Å². The Morgan fingerprint density at radius 1 is 1.35 bits per heavy atom. The second-order valence-electron chi connectivity index (χ2n) is 3.57. The summed E-state index contributed by atoms with van der Waals surface area (Å²) in [6.07, 6.45) is 0. The number of rotatable bonds is 1. The summed E-state index contributed by atoms with van der Waals surface area (Å²) in [5.41, 5.74) is -0.0923. The predicted octanol–water partition coefficient (Wildman–Crippen LogP) is 0.916. The third-order valence-corrected chi connectivity index (χ3v) is 4.22. The summed E-state index contributed by atoms with van der Waals surface area (Å²) in [6.45, 7) is 0. The first-order valence-electron chi connectivity index (χ1n) is 4.80. The molecule has 90 valence electrons. The highest BCUT2D eigenvalue weighted by Crippen LogP contribution is 2.31. The Bertz CT molecular complexity index is 613. The first-order valence-corrected chi connectivity index (χ1v) is 6.45. The molecule has 2 rings (SSSR count). The van der Waals surface area contributed by atoms with Gasteiger partial charge in [-0.1, -0.05) is 12.1 Å². The molecule has 5 nitrogen and oxygen atoms in total. The molecule has 1 N–H and O–H groups in total. The summed E-state index contributed by atoms with van der Waals surface area (Å²) < 4.78 is 28.2. The molecule has 1 aliphatic heterocycles. The van der Waals surface area contributed by atoms with Crippen LogP contribution in [0, 0.1) is 0 Å². The van der Waals surface area contributed by atoms with Gasteiger partial charge < -0.3 is 9.84 Å². The van der Waals surface area contributed by atoms with E-state index in [1.54, 1.807) is 12.1 Å². The second-order valence-corrected chi connectivity index (χ2v) is 5.53. The van der Waals surface area contributed by atoms with Crippen molar-refractivity contribution in [2.24, 2.45) is 0 Å². The molecule has 17 heavy (non-hydrogen) atoms. The lowest BCUT2D eigenvalue weighted by atomic mass is 10.1. The molecule has 0 fully saturated rings. The van der Waals surface area contributed by atoms with E-state index in [-0.39, 0.29) is 21.8 Å². The zero-order valence-corrected chi connectivity index (χ0v) is 9.82. The molecule has 0 amide bonds. The van der Waals surface area contributed by atoms with Crippen LogP contribution in [-0.2, 0) is 19.4 Å². The number of aliphatic hydroxyl groups is 1. The number of carbonyl (C=O) groups is 1. The fourth-order valence-corrected chi connectivity index (χ4v) is 3.29. The Hall–Kier alpha value is -1.82. The average molecular weight is 254 g/mol. The van der Waals surface area contributed by atoms with Crippen molar-refractivity contribution in [3.63, 3.8) is 0 Å². The van der Waals surface area contributed by atoms with Crippen LogP contribution in [0.4, 0.5) is 0 Å². The molecule has 0 aliphatic carbocycles. The number of ether oxygens (including phenoxy) is 1. The van der Waals surface area contributed by atoms with Crippen LogP contribution in [0.15, 0.2) is 34.7 Å². The summed E-state index contributed by atoms with van der Waals surface area (Å²) in [7, 11) is -2.46. The van der Waals surface area contributed by atoms with Crippen molar-refractivity contribution < 1.29 is 23.1 Å². The molecule has 0 unspecified atom stereocenters. The van der Waals surface area contributed by atoms with Gasteiger partial charge in [0.15, 0.2) is 9.84 Å². The van der Waals surface area contributed by atoms with Gasteiger partial charge in [-0.3, -0.25) is 0 Å². The van der Waals surface area contributed by atoms with Gasteiger partial charge in [0.1, 0.15) is 5.76 Å². The molecule has 0 bridgehead atoms. The van der Waals surface area contributed by atoms with Gasteiger partial charge in [-0.25, -0.2) is 13.2 Å². The summed E-state index contributed by atoms with van der Waals surface area (Å²) in [4.78, 5) is 11.4. The summed E-state index contributed by atoms with van der Waals surface area (Å²) in [5.74, 6) is -1.70. The maximum Gasteiger partial charge on any atom is 0.338 e. The topological polar surface area (TPSA) is 80.7 Å². The highest BCUT2D eigenvalue weighted by molar-refractivity contribution is 7.91. The molecule has 0 radical (unpaired) electrons. The number of benzene rings is 1. The summed E-state index contributed by atoms with van der Waals surface area (Å²) >= 11 is 0. The smallest absolute Gasteiger partial charge is 0.338 e. The Labute approximate surface area is 98.3 Å². The highest BCUT2D eigenvalue weighted by Gasteiger charge is 2.33. The first kappa shape index (κ1) is 11.7. The Morgan fingerprint density at radius 2 is 2.00 bits per heavy atom. The molecule has 1 heterocycles. The minimum Gasteiger partial charge on any atom is -0.507 e. The molecule has 6 heteroatoms. The largest absolute Gasteiger partial charge is 0.507 e. The SMILES string of the molecule is COC(=O)C1=C(O)c2ccccc2S(=O)(=O)C1. The van der Waals surface area contributed by atoms with Crippen molar-refractivity contribution in [2.75, 3.05) is 12.9 Å². The third kappa shape index (κ3) is 1.80. The van der Waals surface area contributed by atoms with Gasteiger partial charge in [0, 0.05) is 5.56 Å². The molecular formula is C11H10O5S. The maximum atomic E-state index is 11.9. The van der Waals surface area contributed by atoms with Crippen molar-refractivity contribution in [2.45, 2.75) is 4.90 Å². The molecule has 0 saturated carbocycles. The number of sulfone groups is 1. The number of carbonyl (C=O) groups excluding carboxylic acids is 1. The van der Waals surface area contributed by atoms with Crippen LogP contribution in [-0.4, -0.2) is 32.4 Å². The van der Waals surface area contributed by atoms with E-state index >= 15 is 0 Å². The van der Waals surface area contributed by atoms with Gasteiger partial charge in [0.05, 0.1) is 23.3 Å².